The minimum Gasteiger partial charge on any atom is -0.480 e. The van der Waals surface area contributed by atoms with Crippen LogP contribution in [0, 0.1) is 0 Å². The third-order valence-corrected chi connectivity index (χ3v) is 8.94. The van der Waals surface area contributed by atoms with Gasteiger partial charge < -0.3 is 25.6 Å². The number of hydrogen-bond acceptors (Lipinski definition) is 6. The first-order valence-electron chi connectivity index (χ1n) is 20.2. The molecule has 0 aromatic carbocycles. The van der Waals surface area contributed by atoms with Crippen LogP contribution in [0.3, 0.4) is 0 Å². The molecule has 0 aliphatic heterocycles. The van der Waals surface area contributed by atoms with E-state index in [1.807, 2.05) is 0 Å². The number of allylic oxidation sites excluding steroid dienone is 3. The van der Waals surface area contributed by atoms with E-state index in [0.717, 1.165) is 64.2 Å². The first-order valence-corrected chi connectivity index (χ1v) is 20.2. The molecule has 0 radical (unpaired) electrons. The van der Waals surface area contributed by atoms with Gasteiger partial charge in [0.1, 0.15) is 12.1 Å². The molecule has 2 unspecified atom stereocenters. The number of carbonyl (C=O) groups is 4. The average Bonchev–Trinajstić information content (AvgIpc) is 3.10. The zero-order chi connectivity index (χ0) is 36.9. The third kappa shape index (κ3) is 32.5. The van der Waals surface area contributed by atoms with Crippen LogP contribution < -0.4 is 10.6 Å². The molecule has 50 heavy (non-hydrogen) atoms. The molecule has 9 nitrogen and oxygen atoms in total. The van der Waals surface area contributed by atoms with Crippen molar-refractivity contribution >= 4 is 23.8 Å². The fourth-order valence-corrected chi connectivity index (χ4v) is 5.78. The van der Waals surface area contributed by atoms with Gasteiger partial charge in [0.25, 0.3) is 0 Å². The highest BCUT2D eigenvalue weighted by Gasteiger charge is 2.18. The Labute approximate surface area is 304 Å². The van der Waals surface area contributed by atoms with Crippen LogP contribution in [-0.2, 0) is 23.9 Å². The molecule has 0 spiro atoms. The number of unbranched alkanes of at least 4 members (excludes halogenated alkanes) is 20. The van der Waals surface area contributed by atoms with E-state index in [4.69, 9.17) is 14.9 Å². The quantitative estimate of drug-likeness (QED) is 0.0289. The first kappa shape index (κ1) is 47.3. The Morgan fingerprint density at radius 2 is 1.14 bits per heavy atom. The largest absolute Gasteiger partial charge is 0.480 e. The van der Waals surface area contributed by atoms with Crippen molar-refractivity contribution in [2.75, 3.05) is 13.2 Å². The topological polar surface area (TPSA) is 142 Å². The zero-order valence-corrected chi connectivity index (χ0v) is 31.9. The lowest BCUT2D eigenvalue weighted by Gasteiger charge is -2.15. The van der Waals surface area contributed by atoms with E-state index in [1.54, 1.807) is 0 Å². The summed E-state index contributed by atoms with van der Waals surface area (Å²) in [5.74, 6) is -2.34. The lowest BCUT2D eigenvalue weighted by molar-refractivity contribution is -0.147. The lowest BCUT2D eigenvalue weighted by Crippen LogP contribution is -2.47. The number of aliphatic carboxylic acids is 1. The van der Waals surface area contributed by atoms with Crippen molar-refractivity contribution in [3.63, 3.8) is 0 Å². The van der Waals surface area contributed by atoms with Crippen LogP contribution in [0.5, 0.6) is 0 Å². The van der Waals surface area contributed by atoms with E-state index in [2.05, 4.69) is 48.8 Å². The first-order chi connectivity index (χ1) is 24.3. The number of amides is 2. The standard InChI is InChI=1S/C41H74N2O7/c1-3-5-7-9-11-13-14-15-17-19-25-29-33-40(47)50-36(30-26-22-18-16-12-10-8-6-4-2)31-27-23-20-21-24-28-32-38(45)42-34-39(46)43-37(35-44)41(48)49/h16,18,26,30,36-37,44H,3-15,17,19-25,27-29,31-35H2,1-2H3,(H,42,45)(H,43,46)(H,48,49)/b18-16-,30-26-. The molecule has 2 atom stereocenters. The summed E-state index contributed by atoms with van der Waals surface area (Å²) < 4.78 is 5.91. The Hall–Kier alpha value is -2.68. The summed E-state index contributed by atoms with van der Waals surface area (Å²) >= 11 is 0. The monoisotopic (exact) mass is 707 g/mol. The Bertz CT molecular complexity index is 905. The van der Waals surface area contributed by atoms with Gasteiger partial charge in [0.05, 0.1) is 13.2 Å². The molecule has 2 amide bonds. The van der Waals surface area contributed by atoms with Gasteiger partial charge in [-0.05, 0) is 51.0 Å². The molecule has 0 aromatic heterocycles. The maximum absolute atomic E-state index is 12.7. The zero-order valence-electron chi connectivity index (χ0n) is 31.9. The minimum absolute atomic E-state index is 0.0935. The molecule has 290 valence electrons. The summed E-state index contributed by atoms with van der Waals surface area (Å²) in [7, 11) is 0. The second kappa shape index (κ2) is 36.1. The van der Waals surface area contributed by atoms with Crippen LogP contribution in [0.1, 0.15) is 187 Å². The van der Waals surface area contributed by atoms with Gasteiger partial charge in [-0.25, -0.2) is 4.79 Å². The van der Waals surface area contributed by atoms with Crippen LogP contribution in [0.4, 0.5) is 0 Å². The number of carboxylic acid groups (broad SMARTS) is 1. The van der Waals surface area contributed by atoms with E-state index in [0.29, 0.717) is 19.3 Å². The summed E-state index contributed by atoms with van der Waals surface area (Å²) in [4.78, 5) is 47.3. The number of aliphatic hydroxyl groups is 1. The summed E-state index contributed by atoms with van der Waals surface area (Å²) in [6.07, 6.45) is 37.9. The fourth-order valence-electron chi connectivity index (χ4n) is 5.78. The maximum Gasteiger partial charge on any atom is 0.328 e. The Morgan fingerprint density at radius 3 is 1.70 bits per heavy atom. The molecule has 0 fully saturated rings. The van der Waals surface area contributed by atoms with E-state index < -0.39 is 24.5 Å². The fraction of sp³-hybridized carbons (Fsp3) is 0.805. The molecule has 0 aliphatic carbocycles. The molecule has 0 rings (SSSR count). The molecular formula is C41H74N2O7. The van der Waals surface area contributed by atoms with Gasteiger partial charge in [-0.3, -0.25) is 14.4 Å². The number of esters is 1. The van der Waals surface area contributed by atoms with Crippen LogP contribution in [0.2, 0.25) is 0 Å². The van der Waals surface area contributed by atoms with E-state index in [9.17, 15) is 19.2 Å². The molecule has 9 heteroatoms. The highest BCUT2D eigenvalue weighted by molar-refractivity contribution is 5.87. The minimum atomic E-state index is -1.38. The number of carbonyl (C=O) groups excluding carboxylic acids is 3. The van der Waals surface area contributed by atoms with Crippen LogP contribution in [0.15, 0.2) is 24.3 Å². The van der Waals surface area contributed by atoms with Crippen LogP contribution >= 0.6 is 0 Å². The lowest BCUT2D eigenvalue weighted by atomic mass is 10.0. The summed E-state index contributed by atoms with van der Waals surface area (Å²) in [6.45, 7) is 3.45. The number of ether oxygens (including phenoxy) is 1. The molecule has 0 heterocycles. The molecule has 4 N–H and O–H groups in total. The van der Waals surface area contributed by atoms with E-state index in [1.165, 1.54) is 89.9 Å². The Morgan fingerprint density at radius 1 is 0.620 bits per heavy atom. The van der Waals surface area contributed by atoms with Crippen LogP contribution in [0.25, 0.3) is 0 Å². The second-order valence-corrected chi connectivity index (χ2v) is 13.7. The average molecular weight is 707 g/mol. The van der Waals surface area contributed by atoms with Crippen molar-refractivity contribution in [3.8, 4) is 0 Å². The number of aliphatic hydroxyl groups excluding tert-OH is 1. The van der Waals surface area contributed by atoms with Crippen molar-refractivity contribution < 1.29 is 34.1 Å². The highest BCUT2D eigenvalue weighted by Crippen LogP contribution is 2.16. The van der Waals surface area contributed by atoms with Gasteiger partial charge in [-0.1, -0.05) is 148 Å². The normalized spacial score (nSPS) is 12.7. The maximum atomic E-state index is 12.7. The number of hydrogen-bond donors (Lipinski definition) is 4. The molecule has 0 bridgehead atoms. The summed E-state index contributed by atoms with van der Waals surface area (Å²) in [5, 5.41) is 22.5. The molecule has 0 saturated heterocycles. The van der Waals surface area contributed by atoms with Gasteiger partial charge in [-0.15, -0.1) is 0 Å². The van der Waals surface area contributed by atoms with Gasteiger partial charge in [0.2, 0.25) is 11.8 Å². The number of nitrogens with one attached hydrogen (secondary N) is 2. The van der Waals surface area contributed by atoms with Crippen molar-refractivity contribution in [1.82, 2.24) is 10.6 Å². The predicted octanol–water partition coefficient (Wildman–Crippen LogP) is 9.26. The predicted molar refractivity (Wildman–Crippen MR) is 204 cm³/mol. The van der Waals surface area contributed by atoms with Gasteiger partial charge in [0, 0.05) is 12.8 Å². The van der Waals surface area contributed by atoms with Crippen molar-refractivity contribution in [2.24, 2.45) is 0 Å². The van der Waals surface area contributed by atoms with Crippen molar-refractivity contribution in [2.45, 2.75) is 199 Å². The smallest absolute Gasteiger partial charge is 0.328 e. The van der Waals surface area contributed by atoms with Crippen molar-refractivity contribution in [3.05, 3.63) is 24.3 Å². The molecule has 0 aromatic rings. The summed E-state index contributed by atoms with van der Waals surface area (Å²) in [6, 6.07) is -1.38. The third-order valence-electron chi connectivity index (χ3n) is 8.94. The number of rotatable bonds is 36. The second-order valence-electron chi connectivity index (χ2n) is 13.7. The van der Waals surface area contributed by atoms with Crippen molar-refractivity contribution in [1.29, 1.82) is 0 Å². The van der Waals surface area contributed by atoms with Gasteiger partial charge in [-0.2, -0.15) is 0 Å². The highest BCUT2D eigenvalue weighted by atomic mass is 16.5. The SMILES string of the molecule is CCCCCC/C=C\C/C=C\C(CCCCCCCCC(=O)NCC(=O)NC(CO)C(=O)O)OC(=O)CCCCCCCCCCCCCC. The van der Waals surface area contributed by atoms with E-state index in [-0.39, 0.29) is 24.5 Å². The van der Waals surface area contributed by atoms with Gasteiger partial charge in [0.15, 0.2) is 0 Å². The Kier molecular flexibility index (Phi) is 34.2. The summed E-state index contributed by atoms with van der Waals surface area (Å²) in [5.41, 5.74) is 0. The molecular weight excluding hydrogens is 632 g/mol. The number of carboxylic acids is 1. The Balaban J connectivity index is 4.30. The van der Waals surface area contributed by atoms with Gasteiger partial charge >= 0.3 is 11.9 Å². The molecule has 0 saturated carbocycles. The molecule has 0 aliphatic rings. The van der Waals surface area contributed by atoms with Crippen LogP contribution in [-0.4, -0.2) is 59.3 Å². The van der Waals surface area contributed by atoms with E-state index >= 15 is 0 Å².